The van der Waals surface area contributed by atoms with E-state index in [-0.39, 0.29) is 0 Å². The van der Waals surface area contributed by atoms with Crippen LogP contribution in [0.25, 0.3) is 0 Å². The first-order chi connectivity index (χ1) is 8.13. The topological polar surface area (TPSA) is 37.4 Å². The summed E-state index contributed by atoms with van der Waals surface area (Å²) in [5.41, 5.74) is 1.07. The van der Waals surface area contributed by atoms with Gasteiger partial charge in [-0.25, -0.2) is 4.98 Å². The Morgan fingerprint density at radius 3 is 2.82 bits per heavy atom. The third-order valence-electron chi connectivity index (χ3n) is 2.22. The van der Waals surface area contributed by atoms with Crippen molar-refractivity contribution >= 4 is 11.6 Å². The summed E-state index contributed by atoms with van der Waals surface area (Å²) in [6.07, 6.45) is 1.79. The van der Waals surface area contributed by atoms with Crippen LogP contribution in [0.2, 0.25) is 5.02 Å². The summed E-state index contributed by atoms with van der Waals surface area (Å²) in [4.78, 5) is 6.26. The van der Waals surface area contributed by atoms with Crippen LogP contribution in [0.4, 0.5) is 0 Å². The molecule has 1 rings (SSSR count). The van der Waals surface area contributed by atoms with Gasteiger partial charge in [-0.1, -0.05) is 18.5 Å². The highest BCUT2D eigenvalue weighted by Crippen LogP contribution is 2.22. The minimum Gasteiger partial charge on any atom is -0.475 e. The molecule has 0 spiro atoms. The van der Waals surface area contributed by atoms with Gasteiger partial charge in [-0.3, -0.25) is 0 Å². The van der Waals surface area contributed by atoms with Crippen molar-refractivity contribution in [1.29, 1.82) is 0 Å². The third kappa shape index (κ3) is 5.35. The van der Waals surface area contributed by atoms with Crippen molar-refractivity contribution in [3.8, 4) is 5.88 Å². The fourth-order valence-corrected chi connectivity index (χ4v) is 1.51. The van der Waals surface area contributed by atoms with E-state index in [1.54, 1.807) is 6.20 Å². The van der Waals surface area contributed by atoms with Gasteiger partial charge in [0.1, 0.15) is 11.6 Å². The standard InChI is InChI=1S/C12H20ClN3O/c1-4-14-8-10-7-11(13)12(15-9-10)17-6-5-16(2)3/h7,9,14H,4-6,8H2,1-3H3. The van der Waals surface area contributed by atoms with Crippen molar-refractivity contribution in [2.24, 2.45) is 0 Å². The van der Waals surface area contributed by atoms with Gasteiger partial charge in [-0.05, 0) is 32.3 Å². The zero-order valence-corrected chi connectivity index (χ0v) is 11.4. The van der Waals surface area contributed by atoms with E-state index in [9.17, 15) is 0 Å². The Morgan fingerprint density at radius 2 is 2.24 bits per heavy atom. The molecular weight excluding hydrogens is 238 g/mol. The number of aromatic nitrogens is 1. The van der Waals surface area contributed by atoms with Crippen molar-refractivity contribution in [3.05, 3.63) is 22.8 Å². The summed E-state index contributed by atoms with van der Waals surface area (Å²) in [5, 5.41) is 3.79. The molecule has 0 radical (unpaired) electrons. The molecule has 0 aliphatic carbocycles. The van der Waals surface area contributed by atoms with Gasteiger partial charge in [0.05, 0.1) is 0 Å². The molecule has 96 valence electrons. The van der Waals surface area contributed by atoms with Gasteiger partial charge >= 0.3 is 0 Å². The zero-order chi connectivity index (χ0) is 12.7. The maximum atomic E-state index is 6.09. The lowest BCUT2D eigenvalue weighted by atomic mass is 10.3. The summed E-state index contributed by atoms with van der Waals surface area (Å²) in [7, 11) is 4.00. The molecule has 0 bridgehead atoms. The van der Waals surface area contributed by atoms with E-state index >= 15 is 0 Å². The van der Waals surface area contributed by atoms with E-state index in [2.05, 4.69) is 17.2 Å². The van der Waals surface area contributed by atoms with Gasteiger partial charge in [0, 0.05) is 19.3 Å². The fourth-order valence-electron chi connectivity index (χ4n) is 1.26. The molecule has 1 N–H and O–H groups in total. The summed E-state index contributed by atoms with van der Waals surface area (Å²) < 4.78 is 5.50. The maximum absolute atomic E-state index is 6.09. The lowest BCUT2D eigenvalue weighted by Gasteiger charge is -2.11. The highest BCUT2D eigenvalue weighted by Gasteiger charge is 2.04. The van der Waals surface area contributed by atoms with E-state index in [1.807, 2.05) is 25.1 Å². The minimum absolute atomic E-state index is 0.508. The second-order valence-corrected chi connectivity index (χ2v) is 4.47. The molecule has 0 aliphatic rings. The van der Waals surface area contributed by atoms with E-state index in [4.69, 9.17) is 16.3 Å². The third-order valence-corrected chi connectivity index (χ3v) is 2.49. The Hall–Kier alpha value is -0.840. The molecule has 1 aromatic rings. The smallest absolute Gasteiger partial charge is 0.232 e. The SMILES string of the molecule is CCNCc1cnc(OCCN(C)C)c(Cl)c1. The van der Waals surface area contributed by atoms with Crippen LogP contribution in [0.15, 0.2) is 12.3 Å². The van der Waals surface area contributed by atoms with Gasteiger partial charge in [0.2, 0.25) is 5.88 Å². The molecule has 17 heavy (non-hydrogen) atoms. The van der Waals surface area contributed by atoms with E-state index in [1.165, 1.54) is 0 Å². The highest BCUT2D eigenvalue weighted by molar-refractivity contribution is 6.31. The Balaban J connectivity index is 2.50. The van der Waals surface area contributed by atoms with Gasteiger partial charge in [0.25, 0.3) is 0 Å². The predicted molar refractivity (Wildman–Crippen MR) is 70.7 cm³/mol. The first-order valence-electron chi connectivity index (χ1n) is 5.76. The van der Waals surface area contributed by atoms with Crippen LogP contribution in [-0.4, -0.2) is 43.7 Å². The average molecular weight is 258 g/mol. The monoisotopic (exact) mass is 257 g/mol. The first-order valence-corrected chi connectivity index (χ1v) is 6.14. The average Bonchev–Trinajstić information content (AvgIpc) is 2.28. The lowest BCUT2D eigenvalue weighted by Crippen LogP contribution is -2.19. The second kappa shape index (κ2) is 7.48. The van der Waals surface area contributed by atoms with Gasteiger partial charge in [-0.2, -0.15) is 0 Å². The zero-order valence-electron chi connectivity index (χ0n) is 10.7. The number of nitrogens with one attached hydrogen (secondary N) is 1. The first kappa shape index (κ1) is 14.2. The molecule has 0 amide bonds. The largest absolute Gasteiger partial charge is 0.475 e. The van der Waals surface area contributed by atoms with Crippen LogP contribution in [0, 0.1) is 0 Å². The van der Waals surface area contributed by atoms with Crippen LogP contribution in [-0.2, 0) is 6.54 Å². The number of ether oxygens (including phenoxy) is 1. The Kier molecular flexibility index (Phi) is 6.26. The quantitative estimate of drug-likeness (QED) is 0.808. The second-order valence-electron chi connectivity index (χ2n) is 4.06. The van der Waals surface area contributed by atoms with Crippen molar-refractivity contribution < 1.29 is 4.74 Å². The molecule has 0 aromatic carbocycles. The molecular formula is C12H20ClN3O. The highest BCUT2D eigenvalue weighted by atomic mass is 35.5. The van der Waals surface area contributed by atoms with Gasteiger partial charge in [-0.15, -0.1) is 0 Å². The number of hydrogen-bond donors (Lipinski definition) is 1. The normalized spacial score (nSPS) is 10.9. The molecule has 4 nitrogen and oxygen atoms in total. The molecule has 0 atom stereocenters. The van der Waals surface area contributed by atoms with E-state index in [0.29, 0.717) is 17.5 Å². The Labute approximate surface area is 108 Å². The molecule has 0 fully saturated rings. The minimum atomic E-state index is 0.508. The van der Waals surface area contributed by atoms with Crippen LogP contribution in [0.1, 0.15) is 12.5 Å². The van der Waals surface area contributed by atoms with Crippen molar-refractivity contribution in [3.63, 3.8) is 0 Å². The van der Waals surface area contributed by atoms with Crippen LogP contribution in [0.3, 0.4) is 0 Å². The summed E-state index contributed by atoms with van der Waals surface area (Å²) >= 11 is 6.09. The Morgan fingerprint density at radius 1 is 1.47 bits per heavy atom. The maximum Gasteiger partial charge on any atom is 0.232 e. The number of halogens is 1. The molecule has 0 aliphatic heterocycles. The molecule has 0 unspecified atom stereocenters. The molecule has 0 saturated heterocycles. The van der Waals surface area contributed by atoms with Gasteiger partial charge < -0.3 is 15.0 Å². The summed E-state index contributed by atoms with van der Waals surface area (Å²) in [6.45, 7) is 5.21. The van der Waals surface area contributed by atoms with Crippen molar-refractivity contribution in [1.82, 2.24) is 15.2 Å². The Bertz CT molecular complexity index is 345. The van der Waals surface area contributed by atoms with Gasteiger partial charge in [0.15, 0.2) is 0 Å². The number of hydrogen-bond acceptors (Lipinski definition) is 4. The lowest BCUT2D eigenvalue weighted by molar-refractivity contribution is 0.254. The molecule has 5 heteroatoms. The number of nitrogens with zero attached hydrogens (tertiary/aromatic N) is 2. The molecule has 1 aromatic heterocycles. The van der Waals surface area contributed by atoms with Crippen LogP contribution >= 0.6 is 11.6 Å². The predicted octanol–water partition coefficient (Wildman–Crippen LogP) is 1.78. The van der Waals surface area contributed by atoms with E-state index in [0.717, 1.165) is 25.2 Å². The van der Waals surface area contributed by atoms with Crippen LogP contribution in [0.5, 0.6) is 5.88 Å². The van der Waals surface area contributed by atoms with Crippen molar-refractivity contribution in [2.75, 3.05) is 33.8 Å². The summed E-state index contributed by atoms with van der Waals surface area (Å²) in [5.74, 6) is 0.508. The molecule has 1 heterocycles. The van der Waals surface area contributed by atoms with Crippen molar-refractivity contribution in [2.45, 2.75) is 13.5 Å². The fraction of sp³-hybridized carbons (Fsp3) is 0.583. The molecule has 0 saturated carbocycles. The van der Waals surface area contributed by atoms with E-state index < -0.39 is 0 Å². The summed E-state index contributed by atoms with van der Waals surface area (Å²) in [6, 6.07) is 1.89. The van der Waals surface area contributed by atoms with Crippen LogP contribution < -0.4 is 10.1 Å². The number of rotatable bonds is 7. The number of pyridine rings is 1. The number of likely N-dealkylation sites (N-methyl/N-ethyl adjacent to an activating group) is 1.